The van der Waals surface area contributed by atoms with Gasteiger partial charge < -0.3 is 10.5 Å². The minimum absolute atomic E-state index is 0.0245. The summed E-state index contributed by atoms with van der Waals surface area (Å²) in [5.74, 6) is 0. The van der Waals surface area contributed by atoms with Crippen LogP contribution in [0.2, 0.25) is 0 Å². The van der Waals surface area contributed by atoms with Gasteiger partial charge in [-0.3, -0.25) is 4.90 Å². The fourth-order valence-electron chi connectivity index (χ4n) is 2.58. The number of hydrogen-bond acceptors (Lipinski definition) is 3. The van der Waals surface area contributed by atoms with Crippen LogP contribution in [0.5, 0.6) is 0 Å². The lowest BCUT2D eigenvalue weighted by Gasteiger charge is -2.33. The number of benzene rings is 1. The summed E-state index contributed by atoms with van der Waals surface area (Å²) in [5.41, 5.74) is 8.79. The molecular weight excluding hydrogens is 252 g/mol. The zero-order chi connectivity index (χ0) is 14.9. The van der Waals surface area contributed by atoms with E-state index in [1.165, 1.54) is 5.56 Å². The molecule has 0 aliphatic carbocycles. The zero-order valence-corrected chi connectivity index (χ0v) is 12.8. The molecule has 1 aromatic rings. The Balaban J connectivity index is 2.34. The van der Waals surface area contributed by atoms with Crippen molar-refractivity contribution in [2.24, 2.45) is 5.73 Å². The van der Waals surface area contributed by atoms with E-state index < -0.39 is 5.60 Å². The highest BCUT2D eigenvalue weighted by atomic mass is 16.6. The summed E-state index contributed by atoms with van der Waals surface area (Å²) in [5, 5.41) is 0. The summed E-state index contributed by atoms with van der Waals surface area (Å²) in [6, 6.07) is 5.95. The van der Waals surface area contributed by atoms with Crippen LogP contribution in [0.15, 0.2) is 18.2 Å². The van der Waals surface area contributed by atoms with E-state index in [1.807, 2.05) is 45.9 Å². The molecule has 4 nitrogen and oxygen atoms in total. The lowest BCUT2D eigenvalue weighted by atomic mass is 9.93. The molecule has 1 amide bonds. The maximum atomic E-state index is 12.3. The average molecular weight is 276 g/mol. The monoisotopic (exact) mass is 276 g/mol. The molecule has 0 aromatic heterocycles. The topological polar surface area (TPSA) is 55.6 Å². The number of carbonyl (C=O) groups excluding carboxylic acids is 1. The summed E-state index contributed by atoms with van der Waals surface area (Å²) in [4.78, 5) is 14.1. The van der Waals surface area contributed by atoms with Crippen molar-refractivity contribution >= 4 is 11.8 Å². The second-order valence-corrected chi connectivity index (χ2v) is 6.37. The standard InChI is InChI=1S/C16H24N2O2/c1-11(17)12-7-5-9-14-13(12)8-6-10-18(14)15(19)20-16(2,3)4/h5,7,9,11H,6,8,10,17H2,1-4H3/t11-/m0/s1. The minimum atomic E-state index is -0.479. The molecule has 1 aliphatic heterocycles. The van der Waals surface area contributed by atoms with Gasteiger partial charge in [-0.15, -0.1) is 0 Å². The van der Waals surface area contributed by atoms with Crippen molar-refractivity contribution < 1.29 is 9.53 Å². The Morgan fingerprint density at radius 2 is 2.10 bits per heavy atom. The number of rotatable bonds is 1. The molecule has 110 valence electrons. The van der Waals surface area contributed by atoms with Gasteiger partial charge in [0.1, 0.15) is 5.60 Å². The predicted molar refractivity (Wildman–Crippen MR) is 80.9 cm³/mol. The second-order valence-electron chi connectivity index (χ2n) is 6.37. The molecule has 1 atom stereocenters. The molecule has 1 aliphatic rings. The van der Waals surface area contributed by atoms with Crippen LogP contribution in [-0.2, 0) is 11.2 Å². The average Bonchev–Trinajstić information content (AvgIpc) is 2.35. The molecule has 1 aromatic carbocycles. The molecule has 0 unspecified atom stereocenters. The summed E-state index contributed by atoms with van der Waals surface area (Å²) in [6.45, 7) is 8.32. The van der Waals surface area contributed by atoms with Crippen LogP contribution in [0, 0.1) is 0 Å². The Morgan fingerprint density at radius 1 is 1.40 bits per heavy atom. The van der Waals surface area contributed by atoms with E-state index in [4.69, 9.17) is 10.5 Å². The van der Waals surface area contributed by atoms with Gasteiger partial charge in [0.15, 0.2) is 0 Å². The number of anilines is 1. The van der Waals surface area contributed by atoms with Crippen LogP contribution in [0.25, 0.3) is 0 Å². The van der Waals surface area contributed by atoms with Crippen LogP contribution in [0.1, 0.15) is 51.3 Å². The molecule has 0 saturated heterocycles. The van der Waals surface area contributed by atoms with Gasteiger partial charge in [-0.25, -0.2) is 4.79 Å². The third-order valence-corrected chi connectivity index (χ3v) is 3.39. The van der Waals surface area contributed by atoms with E-state index in [0.29, 0.717) is 6.54 Å². The van der Waals surface area contributed by atoms with Gasteiger partial charge in [0, 0.05) is 12.6 Å². The first kappa shape index (κ1) is 14.9. The molecule has 1 heterocycles. The first-order valence-corrected chi connectivity index (χ1v) is 7.17. The molecule has 0 radical (unpaired) electrons. The molecule has 0 saturated carbocycles. The maximum Gasteiger partial charge on any atom is 0.414 e. The van der Waals surface area contributed by atoms with E-state index in [9.17, 15) is 4.79 Å². The van der Waals surface area contributed by atoms with Crippen LogP contribution in [0.3, 0.4) is 0 Å². The highest BCUT2D eigenvalue weighted by Gasteiger charge is 2.28. The summed E-state index contributed by atoms with van der Waals surface area (Å²) >= 11 is 0. The Bertz CT molecular complexity index is 504. The molecule has 20 heavy (non-hydrogen) atoms. The van der Waals surface area contributed by atoms with Crippen molar-refractivity contribution in [1.82, 2.24) is 0 Å². The van der Waals surface area contributed by atoms with E-state index >= 15 is 0 Å². The SMILES string of the molecule is C[C@H](N)c1cccc2c1CCCN2C(=O)OC(C)(C)C. The van der Waals surface area contributed by atoms with Crippen LogP contribution in [0.4, 0.5) is 10.5 Å². The van der Waals surface area contributed by atoms with Gasteiger partial charge in [0.25, 0.3) is 0 Å². The van der Waals surface area contributed by atoms with E-state index in [-0.39, 0.29) is 12.1 Å². The number of hydrogen-bond donors (Lipinski definition) is 1. The molecule has 2 rings (SSSR count). The number of amides is 1. The third-order valence-electron chi connectivity index (χ3n) is 3.39. The van der Waals surface area contributed by atoms with Crippen molar-refractivity contribution in [1.29, 1.82) is 0 Å². The van der Waals surface area contributed by atoms with E-state index in [1.54, 1.807) is 4.90 Å². The first-order valence-electron chi connectivity index (χ1n) is 7.17. The number of carbonyl (C=O) groups is 1. The summed E-state index contributed by atoms with van der Waals surface area (Å²) in [7, 11) is 0. The van der Waals surface area contributed by atoms with Crippen LogP contribution < -0.4 is 10.6 Å². The highest BCUT2D eigenvalue weighted by Crippen LogP contribution is 2.33. The molecule has 0 fully saturated rings. The minimum Gasteiger partial charge on any atom is -0.443 e. The van der Waals surface area contributed by atoms with Crippen molar-refractivity contribution in [2.45, 2.75) is 52.2 Å². The highest BCUT2D eigenvalue weighted by molar-refractivity contribution is 5.89. The third kappa shape index (κ3) is 3.12. The first-order chi connectivity index (χ1) is 9.29. The fraction of sp³-hybridized carbons (Fsp3) is 0.562. The van der Waals surface area contributed by atoms with Crippen LogP contribution in [-0.4, -0.2) is 18.2 Å². The Morgan fingerprint density at radius 3 is 2.70 bits per heavy atom. The normalized spacial score (nSPS) is 16.6. The van der Waals surface area contributed by atoms with Gasteiger partial charge in [0.2, 0.25) is 0 Å². The maximum absolute atomic E-state index is 12.3. The number of nitrogens with two attached hydrogens (primary N) is 1. The number of fused-ring (bicyclic) bond motifs is 1. The van der Waals surface area contributed by atoms with E-state index in [0.717, 1.165) is 24.1 Å². The Labute approximate surface area is 120 Å². The molecule has 2 N–H and O–H groups in total. The fourth-order valence-corrected chi connectivity index (χ4v) is 2.58. The molecule has 0 spiro atoms. The van der Waals surface area contributed by atoms with Gasteiger partial charge in [-0.05, 0) is 57.7 Å². The van der Waals surface area contributed by atoms with Gasteiger partial charge in [-0.2, -0.15) is 0 Å². The summed E-state index contributed by atoms with van der Waals surface area (Å²) < 4.78 is 5.49. The van der Waals surface area contributed by atoms with Crippen molar-refractivity contribution in [3.63, 3.8) is 0 Å². The smallest absolute Gasteiger partial charge is 0.414 e. The van der Waals surface area contributed by atoms with Crippen molar-refractivity contribution in [3.05, 3.63) is 29.3 Å². The van der Waals surface area contributed by atoms with Gasteiger partial charge >= 0.3 is 6.09 Å². The number of ether oxygens (including phenoxy) is 1. The quantitative estimate of drug-likeness (QED) is 0.855. The van der Waals surface area contributed by atoms with E-state index in [2.05, 4.69) is 0 Å². The largest absolute Gasteiger partial charge is 0.443 e. The Kier molecular flexibility index (Phi) is 4.04. The number of nitrogens with zero attached hydrogens (tertiary/aromatic N) is 1. The van der Waals surface area contributed by atoms with Gasteiger partial charge in [-0.1, -0.05) is 12.1 Å². The summed E-state index contributed by atoms with van der Waals surface area (Å²) in [6.07, 6.45) is 1.63. The Hall–Kier alpha value is -1.55. The lowest BCUT2D eigenvalue weighted by molar-refractivity contribution is 0.0578. The van der Waals surface area contributed by atoms with Crippen molar-refractivity contribution in [3.8, 4) is 0 Å². The van der Waals surface area contributed by atoms with Gasteiger partial charge in [0.05, 0.1) is 5.69 Å². The van der Waals surface area contributed by atoms with Crippen molar-refractivity contribution in [2.75, 3.05) is 11.4 Å². The second kappa shape index (κ2) is 5.44. The molecule has 0 bridgehead atoms. The molecular formula is C16H24N2O2. The zero-order valence-electron chi connectivity index (χ0n) is 12.8. The predicted octanol–water partition coefficient (Wildman–Crippen LogP) is 3.39. The van der Waals surface area contributed by atoms with Crippen LogP contribution >= 0.6 is 0 Å². The lowest BCUT2D eigenvalue weighted by Crippen LogP contribution is -2.40. The molecule has 4 heteroatoms.